The third-order valence-corrected chi connectivity index (χ3v) is 5.98. The van der Waals surface area contributed by atoms with Crippen molar-refractivity contribution in [1.29, 1.82) is 0 Å². The van der Waals surface area contributed by atoms with Gasteiger partial charge >= 0.3 is 5.97 Å². The summed E-state index contributed by atoms with van der Waals surface area (Å²) in [6.45, 7) is 13.6. The lowest BCUT2D eigenvalue weighted by Crippen LogP contribution is -2.20. The van der Waals surface area contributed by atoms with E-state index in [0.29, 0.717) is 11.3 Å². The monoisotopic (exact) mass is 447 g/mol. The van der Waals surface area contributed by atoms with Crippen molar-refractivity contribution in [3.8, 4) is 11.4 Å². The summed E-state index contributed by atoms with van der Waals surface area (Å²) < 4.78 is 13.0. The second-order valence-corrected chi connectivity index (χ2v) is 8.96. The molecule has 0 atom stereocenters. The average Bonchev–Trinajstić information content (AvgIpc) is 3.06. The van der Waals surface area contributed by atoms with Gasteiger partial charge in [0.15, 0.2) is 13.2 Å². The maximum atomic E-state index is 12.8. The lowest BCUT2D eigenvalue weighted by atomic mass is 10.0. The van der Waals surface area contributed by atoms with Gasteiger partial charge < -0.3 is 14.0 Å². The van der Waals surface area contributed by atoms with E-state index < -0.39 is 5.97 Å². The Bertz CT molecular complexity index is 1190. The Kier molecular flexibility index (Phi) is 7.42. The van der Waals surface area contributed by atoms with Crippen LogP contribution in [-0.2, 0) is 9.53 Å². The first-order chi connectivity index (χ1) is 15.6. The number of carbonyl (C=O) groups is 2. The zero-order valence-corrected chi connectivity index (χ0v) is 20.6. The summed E-state index contributed by atoms with van der Waals surface area (Å²) in [6.07, 6.45) is 0. The van der Waals surface area contributed by atoms with Gasteiger partial charge in [0, 0.05) is 22.6 Å². The van der Waals surface area contributed by atoms with Crippen LogP contribution in [0.15, 0.2) is 42.5 Å². The highest BCUT2D eigenvalue weighted by Gasteiger charge is 2.19. The van der Waals surface area contributed by atoms with Gasteiger partial charge in [-0.05, 0) is 87.1 Å². The highest BCUT2D eigenvalue weighted by molar-refractivity contribution is 5.99. The topological polar surface area (TPSA) is 57.5 Å². The van der Waals surface area contributed by atoms with Crippen molar-refractivity contribution < 1.29 is 19.1 Å². The summed E-state index contributed by atoms with van der Waals surface area (Å²) >= 11 is 0. The van der Waals surface area contributed by atoms with Crippen LogP contribution < -0.4 is 4.74 Å². The third kappa shape index (κ3) is 5.54. The molecule has 33 heavy (non-hydrogen) atoms. The summed E-state index contributed by atoms with van der Waals surface area (Å²) in [5.74, 6) is 0.142. The van der Waals surface area contributed by atoms with Gasteiger partial charge in [-0.1, -0.05) is 32.0 Å². The first kappa shape index (κ1) is 24.3. The highest BCUT2D eigenvalue weighted by Crippen LogP contribution is 2.27. The molecule has 174 valence electrons. The number of aromatic nitrogens is 1. The highest BCUT2D eigenvalue weighted by atomic mass is 16.6. The number of benzene rings is 2. The molecule has 1 aromatic heterocycles. The van der Waals surface area contributed by atoms with Gasteiger partial charge in [-0.25, -0.2) is 4.79 Å². The largest absolute Gasteiger partial charge is 0.482 e. The van der Waals surface area contributed by atoms with Gasteiger partial charge in [0.25, 0.3) is 0 Å². The van der Waals surface area contributed by atoms with Crippen molar-refractivity contribution in [2.45, 2.75) is 54.4 Å². The van der Waals surface area contributed by atoms with Crippen LogP contribution in [0.4, 0.5) is 0 Å². The molecule has 3 rings (SSSR count). The Hall–Kier alpha value is -3.34. The third-order valence-electron chi connectivity index (χ3n) is 5.98. The number of rotatable bonds is 8. The number of carbonyl (C=O) groups excluding carboxylic acids is 2. The number of esters is 1. The van der Waals surface area contributed by atoms with E-state index in [1.165, 1.54) is 11.1 Å². The Labute approximate surface area is 196 Å². The molecule has 0 saturated carbocycles. The van der Waals surface area contributed by atoms with E-state index in [-0.39, 0.29) is 24.9 Å². The number of ketones is 1. The predicted molar refractivity (Wildman–Crippen MR) is 131 cm³/mol. The number of hydrogen-bond donors (Lipinski definition) is 0. The van der Waals surface area contributed by atoms with Crippen molar-refractivity contribution in [1.82, 2.24) is 4.57 Å². The standard InChI is InChI=1S/C28H33NO4/c1-17(2)24-11-8-18(3)12-27(24)32-16-28(31)33-15-26(30)25-14-21(6)29(22(25)7)23-10-9-19(4)20(5)13-23/h8-14,17H,15-16H2,1-7H3. The molecule has 2 aromatic carbocycles. The quantitative estimate of drug-likeness (QED) is 0.316. The molecule has 0 aliphatic heterocycles. The van der Waals surface area contributed by atoms with Crippen LogP contribution in [-0.4, -0.2) is 29.5 Å². The fraction of sp³-hybridized carbons (Fsp3) is 0.357. The molecule has 5 nitrogen and oxygen atoms in total. The molecule has 0 aliphatic carbocycles. The Morgan fingerprint density at radius 3 is 2.27 bits per heavy atom. The molecule has 5 heteroatoms. The first-order valence-corrected chi connectivity index (χ1v) is 11.3. The molecule has 0 N–H and O–H groups in total. The second kappa shape index (κ2) is 10.1. The van der Waals surface area contributed by atoms with Crippen molar-refractivity contribution in [3.05, 3.63) is 81.7 Å². The molecular weight excluding hydrogens is 414 g/mol. The van der Waals surface area contributed by atoms with Crippen molar-refractivity contribution >= 4 is 11.8 Å². The van der Waals surface area contributed by atoms with Crippen LogP contribution in [0.1, 0.15) is 63.8 Å². The normalized spacial score (nSPS) is 11.0. The molecule has 0 unspecified atom stereocenters. The zero-order chi connectivity index (χ0) is 24.3. The first-order valence-electron chi connectivity index (χ1n) is 11.3. The van der Waals surface area contributed by atoms with Crippen LogP contribution in [0.2, 0.25) is 0 Å². The molecule has 0 saturated heterocycles. The van der Waals surface area contributed by atoms with E-state index in [4.69, 9.17) is 9.47 Å². The van der Waals surface area contributed by atoms with Gasteiger partial charge in [-0.15, -0.1) is 0 Å². The van der Waals surface area contributed by atoms with Gasteiger partial charge in [-0.2, -0.15) is 0 Å². The van der Waals surface area contributed by atoms with Crippen LogP contribution in [0.25, 0.3) is 5.69 Å². The fourth-order valence-electron chi connectivity index (χ4n) is 3.95. The maximum Gasteiger partial charge on any atom is 0.344 e. The summed E-state index contributed by atoms with van der Waals surface area (Å²) in [4.78, 5) is 25.1. The van der Waals surface area contributed by atoms with E-state index >= 15 is 0 Å². The van der Waals surface area contributed by atoms with Crippen LogP contribution in [0, 0.1) is 34.6 Å². The fourth-order valence-corrected chi connectivity index (χ4v) is 3.95. The van der Waals surface area contributed by atoms with Crippen molar-refractivity contribution in [3.63, 3.8) is 0 Å². The number of Topliss-reactive ketones (excluding diaryl/α,β-unsaturated/α-hetero) is 1. The van der Waals surface area contributed by atoms with Crippen molar-refractivity contribution in [2.75, 3.05) is 13.2 Å². The van der Waals surface area contributed by atoms with Crippen LogP contribution in [0.3, 0.4) is 0 Å². The zero-order valence-electron chi connectivity index (χ0n) is 20.6. The molecule has 0 fully saturated rings. The summed E-state index contributed by atoms with van der Waals surface area (Å²) in [5.41, 5.74) is 7.84. The maximum absolute atomic E-state index is 12.8. The van der Waals surface area contributed by atoms with E-state index in [2.05, 4.69) is 44.4 Å². The number of aryl methyl sites for hydroxylation is 4. The van der Waals surface area contributed by atoms with Crippen LogP contribution >= 0.6 is 0 Å². The summed E-state index contributed by atoms with van der Waals surface area (Å²) in [5, 5.41) is 0. The van der Waals surface area contributed by atoms with E-state index in [1.54, 1.807) is 0 Å². The minimum atomic E-state index is -0.567. The number of ether oxygens (including phenoxy) is 2. The van der Waals surface area contributed by atoms with Gasteiger partial charge in [0.05, 0.1) is 0 Å². The lowest BCUT2D eigenvalue weighted by Gasteiger charge is -2.14. The van der Waals surface area contributed by atoms with Gasteiger partial charge in [0.1, 0.15) is 5.75 Å². The second-order valence-electron chi connectivity index (χ2n) is 8.96. The lowest BCUT2D eigenvalue weighted by molar-refractivity contribution is -0.144. The van der Waals surface area contributed by atoms with Gasteiger partial charge in [0.2, 0.25) is 5.78 Å². The molecule has 0 radical (unpaired) electrons. The molecule has 0 amide bonds. The SMILES string of the molecule is Cc1ccc(C(C)C)c(OCC(=O)OCC(=O)c2cc(C)n(-c3ccc(C)c(C)c3)c2C)c1. The number of hydrogen-bond acceptors (Lipinski definition) is 4. The minimum Gasteiger partial charge on any atom is -0.482 e. The Balaban J connectivity index is 1.65. The molecular formula is C28H33NO4. The average molecular weight is 448 g/mol. The molecule has 3 aromatic rings. The molecule has 0 aliphatic rings. The smallest absolute Gasteiger partial charge is 0.344 e. The molecule has 0 bridgehead atoms. The van der Waals surface area contributed by atoms with E-state index in [1.807, 2.05) is 51.1 Å². The van der Waals surface area contributed by atoms with E-state index in [0.717, 1.165) is 28.2 Å². The summed E-state index contributed by atoms with van der Waals surface area (Å²) in [7, 11) is 0. The Morgan fingerprint density at radius 2 is 1.61 bits per heavy atom. The summed E-state index contributed by atoms with van der Waals surface area (Å²) in [6, 6.07) is 14.0. The van der Waals surface area contributed by atoms with Gasteiger partial charge in [-0.3, -0.25) is 4.79 Å². The van der Waals surface area contributed by atoms with E-state index in [9.17, 15) is 9.59 Å². The molecule has 0 spiro atoms. The molecule has 1 heterocycles. The minimum absolute atomic E-state index is 0.232. The van der Waals surface area contributed by atoms with Crippen molar-refractivity contribution in [2.24, 2.45) is 0 Å². The predicted octanol–water partition coefficient (Wildman–Crippen LogP) is 5.95. The van der Waals surface area contributed by atoms with Crippen LogP contribution in [0.5, 0.6) is 5.75 Å². The number of nitrogens with zero attached hydrogens (tertiary/aromatic N) is 1. The Morgan fingerprint density at radius 1 is 0.879 bits per heavy atom.